The van der Waals surface area contributed by atoms with Gasteiger partial charge in [0.15, 0.2) is 0 Å². The Labute approximate surface area is 201 Å². The molecule has 0 atom stereocenters. The van der Waals surface area contributed by atoms with Crippen molar-refractivity contribution in [2.45, 2.75) is 70.6 Å². The second-order valence-electron chi connectivity index (χ2n) is 4.47. The number of aliphatic carboxylic acids is 2. The molecule has 104 valence electrons. The zero-order valence-corrected chi connectivity index (χ0v) is 10.5. The maximum atomic E-state index is 10.2. The van der Waals surface area contributed by atoms with Crippen LogP contribution in [0.2, 0.25) is 0 Å². The van der Waals surface area contributed by atoms with Crippen molar-refractivity contribution >= 4 is 115 Å². The van der Waals surface area contributed by atoms with Crippen LogP contribution in [0.5, 0.6) is 0 Å². The molecular weight excluding hydrogens is 298 g/mol. The molecular formula is C13H26K2O4. The summed E-state index contributed by atoms with van der Waals surface area (Å²) in [7, 11) is 0. The fraction of sp³-hybridized carbons (Fsp3) is 0.846. The Kier molecular flexibility index (Phi) is 27.8. The van der Waals surface area contributed by atoms with Crippen LogP contribution in [0.3, 0.4) is 0 Å². The molecule has 0 unspecified atom stereocenters. The standard InChI is InChI=1S/C13H24O4.2K.2H/c14-12(15)10-8-6-4-2-1-3-5-7-9-11-13(16)17;;;;/h1-11H2,(H,14,15)(H,16,17);;;;. The minimum atomic E-state index is -0.705. The minimum absolute atomic E-state index is 0. The molecule has 2 N–H and O–H groups in total. The average Bonchev–Trinajstić information content (AvgIpc) is 2.25. The van der Waals surface area contributed by atoms with Crippen LogP contribution >= 0.6 is 0 Å². The van der Waals surface area contributed by atoms with E-state index in [1.807, 2.05) is 0 Å². The number of hydrogen-bond donors (Lipinski definition) is 2. The predicted molar refractivity (Wildman–Crippen MR) is 80.4 cm³/mol. The summed E-state index contributed by atoms with van der Waals surface area (Å²) >= 11 is 0. The first-order chi connectivity index (χ1) is 8.13. The first kappa shape index (κ1) is 26.1. The fourth-order valence-electron chi connectivity index (χ4n) is 1.79. The van der Waals surface area contributed by atoms with Crippen molar-refractivity contribution in [3.63, 3.8) is 0 Å². The predicted octanol–water partition coefficient (Wildman–Crippen LogP) is 2.15. The molecule has 0 aromatic heterocycles. The van der Waals surface area contributed by atoms with Crippen LogP contribution in [0.1, 0.15) is 70.6 Å². The Morgan fingerprint density at radius 2 is 0.737 bits per heavy atom. The number of rotatable bonds is 12. The summed E-state index contributed by atoms with van der Waals surface area (Å²) in [6.45, 7) is 0. The van der Waals surface area contributed by atoms with E-state index < -0.39 is 11.9 Å². The summed E-state index contributed by atoms with van der Waals surface area (Å²) in [5.74, 6) is -1.41. The molecule has 0 aromatic rings. The summed E-state index contributed by atoms with van der Waals surface area (Å²) in [5, 5.41) is 16.9. The van der Waals surface area contributed by atoms with Crippen molar-refractivity contribution in [1.82, 2.24) is 0 Å². The molecule has 0 bridgehead atoms. The van der Waals surface area contributed by atoms with Gasteiger partial charge >= 0.3 is 115 Å². The van der Waals surface area contributed by atoms with Gasteiger partial charge in [0.25, 0.3) is 0 Å². The van der Waals surface area contributed by atoms with Crippen molar-refractivity contribution in [1.29, 1.82) is 0 Å². The van der Waals surface area contributed by atoms with Gasteiger partial charge < -0.3 is 10.2 Å². The maximum absolute atomic E-state index is 10.2. The van der Waals surface area contributed by atoms with Gasteiger partial charge in [-0.15, -0.1) is 0 Å². The molecule has 0 spiro atoms. The zero-order chi connectivity index (χ0) is 12.9. The van der Waals surface area contributed by atoms with Crippen molar-refractivity contribution in [3.05, 3.63) is 0 Å². The molecule has 0 aliphatic rings. The number of hydrogen-bond acceptors (Lipinski definition) is 2. The Morgan fingerprint density at radius 1 is 0.526 bits per heavy atom. The Hall–Kier alpha value is 2.21. The van der Waals surface area contributed by atoms with Crippen LogP contribution < -0.4 is 0 Å². The van der Waals surface area contributed by atoms with Crippen LogP contribution in [0, 0.1) is 0 Å². The Bertz CT molecular complexity index is 201. The van der Waals surface area contributed by atoms with Crippen LogP contribution in [-0.2, 0) is 9.59 Å². The Balaban J connectivity index is -0.00000128. The van der Waals surface area contributed by atoms with Crippen molar-refractivity contribution in [3.8, 4) is 0 Å². The third-order valence-corrected chi connectivity index (χ3v) is 2.78. The van der Waals surface area contributed by atoms with Gasteiger partial charge in [0, 0.05) is 12.8 Å². The van der Waals surface area contributed by atoms with E-state index in [-0.39, 0.29) is 116 Å². The van der Waals surface area contributed by atoms with Gasteiger partial charge in [-0.25, -0.2) is 0 Å². The van der Waals surface area contributed by atoms with Crippen LogP contribution in [0.4, 0.5) is 0 Å². The van der Waals surface area contributed by atoms with Crippen molar-refractivity contribution in [2.24, 2.45) is 0 Å². The van der Waals surface area contributed by atoms with Gasteiger partial charge in [-0.05, 0) is 12.8 Å². The van der Waals surface area contributed by atoms with E-state index in [1.54, 1.807) is 0 Å². The fourth-order valence-corrected chi connectivity index (χ4v) is 1.79. The van der Waals surface area contributed by atoms with E-state index >= 15 is 0 Å². The van der Waals surface area contributed by atoms with E-state index in [0.717, 1.165) is 38.5 Å². The first-order valence-electron chi connectivity index (χ1n) is 6.56. The quantitative estimate of drug-likeness (QED) is 0.426. The van der Waals surface area contributed by atoms with E-state index in [4.69, 9.17) is 10.2 Å². The van der Waals surface area contributed by atoms with Gasteiger partial charge in [-0.1, -0.05) is 44.9 Å². The van der Waals surface area contributed by atoms with Crippen LogP contribution in [0.15, 0.2) is 0 Å². The molecule has 0 saturated heterocycles. The van der Waals surface area contributed by atoms with E-state index in [1.165, 1.54) is 19.3 Å². The molecule has 6 heteroatoms. The number of carbonyl (C=O) groups is 2. The topological polar surface area (TPSA) is 74.6 Å². The first-order valence-corrected chi connectivity index (χ1v) is 6.56. The third kappa shape index (κ3) is 25.5. The molecule has 19 heavy (non-hydrogen) atoms. The van der Waals surface area contributed by atoms with Gasteiger partial charge in [0.05, 0.1) is 0 Å². The summed E-state index contributed by atoms with van der Waals surface area (Å²) in [6.07, 6.45) is 9.89. The van der Waals surface area contributed by atoms with Gasteiger partial charge in [-0.2, -0.15) is 0 Å². The molecule has 0 rings (SSSR count). The number of carboxylic acids is 2. The van der Waals surface area contributed by atoms with Crippen molar-refractivity contribution in [2.75, 3.05) is 0 Å². The molecule has 0 heterocycles. The molecule has 0 aliphatic carbocycles. The summed E-state index contributed by atoms with van der Waals surface area (Å²) in [5.41, 5.74) is 0. The van der Waals surface area contributed by atoms with E-state index in [0.29, 0.717) is 0 Å². The van der Waals surface area contributed by atoms with Crippen LogP contribution in [0.25, 0.3) is 0 Å². The van der Waals surface area contributed by atoms with E-state index in [9.17, 15) is 9.59 Å². The second kappa shape index (κ2) is 20.2. The molecule has 0 aromatic carbocycles. The van der Waals surface area contributed by atoms with E-state index in [2.05, 4.69) is 0 Å². The molecule has 0 fully saturated rings. The van der Waals surface area contributed by atoms with Crippen LogP contribution in [-0.4, -0.2) is 125 Å². The average molecular weight is 325 g/mol. The molecule has 0 saturated carbocycles. The SMILES string of the molecule is O=C(O)CCCCCCCCCCCC(=O)O.[KH].[KH]. The normalized spacial score (nSPS) is 9.26. The van der Waals surface area contributed by atoms with Crippen molar-refractivity contribution < 1.29 is 19.8 Å². The third-order valence-electron chi connectivity index (χ3n) is 2.78. The van der Waals surface area contributed by atoms with Gasteiger partial charge in [0.2, 0.25) is 0 Å². The Morgan fingerprint density at radius 3 is 0.947 bits per heavy atom. The monoisotopic (exact) mass is 324 g/mol. The molecule has 0 radical (unpaired) electrons. The zero-order valence-electron chi connectivity index (χ0n) is 10.5. The number of carboxylic acid groups (broad SMARTS) is 2. The summed E-state index contributed by atoms with van der Waals surface area (Å²) < 4.78 is 0. The summed E-state index contributed by atoms with van der Waals surface area (Å²) in [6, 6.07) is 0. The number of unbranched alkanes of at least 4 members (excludes halogenated alkanes) is 8. The summed E-state index contributed by atoms with van der Waals surface area (Å²) in [4.78, 5) is 20.5. The van der Waals surface area contributed by atoms with Gasteiger partial charge in [-0.3, -0.25) is 9.59 Å². The molecule has 0 aliphatic heterocycles. The van der Waals surface area contributed by atoms with Gasteiger partial charge in [0.1, 0.15) is 0 Å². The second-order valence-corrected chi connectivity index (χ2v) is 4.47. The molecule has 4 nitrogen and oxygen atoms in total. The molecule has 0 amide bonds.